The summed E-state index contributed by atoms with van der Waals surface area (Å²) in [5.74, 6) is 0. The van der Waals surface area contributed by atoms with E-state index in [4.69, 9.17) is 17.3 Å². The fourth-order valence-electron chi connectivity index (χ4n) is 0.666. The second kappa shape index (κ2) is 5.66. The fraction of sp³-hybridized carbons (Fsp3) is 0.400. The molecule has 0 unspecified atom stereocenters. The van der Waals surface area contributed by atoms with Gasteiger partial charge in [-0.2, -0.15) is 5.10 Å². The van der Waals surface area contributed by atoms with Crippen molar-refractivity contribution in [3.8, 4) is 0 Å². The molecule has 0 atom stereocenters. The molecule has 0 aliphatic rings. The van der Waals surface area contributed by atoms with Crippen molar-refractivity contribution in [2.75, 3.05) is 0 Å². The maximum atomic E-state index is 5.68. The Morgan fingerprint density at radius 3 is 2.36 bits per heavy atom. The summed E-state index contributed by atoms with van der Waals surface area (Å²) in [4.78, 5) is 0. The van der Waals surface area contributed by atoms with Crippen LogP contribution in [0.2, 0.25) is 5.02 Å². The average Bonchev–Trinajstić information content (AvgIpc) is 2.12. The monoisotopic (exact) mass is 217 g/mol. The van der Waals surface area contributed by atoms with E-state index in [1.54, 1.807) is 10.9 Å². The third kappa shape index (κ3) is 2.87. The van der Waals surface area contributed by atoms with Gasteiger partial charge in [0.1, 0.15) is 0 Å². The summed E-state index contributed by atoms with van der Waals surface area (Å²) in [5.41, 5.74) is 6.22. The van der Waals surface area contributed by atoms with Crippen molar-refractivity contribution in [2.24, 2.45) is 12.8 Å². The van der Waals surface area contributed by atoms with Crippen LogP contribution in [0.5, 0.6) is 0 Å². The van der Waals surface area contributed by atoms with E-state index in [-0.39, 0.29) is 24.8 Å². The summed E-state index contributed by atoms with van der Waals surface area (Å²) in [6.07, 6.45) is 1.59. The Kier molecular flexibility index (Phi) is 7.01. The molecular formula is C5H10Cl3N3. The van der Waals surface area contributed by atoms with Crippen molar-refractivity contribution in [1.29, 1.82) is 0 Å². The van der Waals surface area contributed by atoms with Crippen molar-refractivity contribution in [2.45, 2.75) is 6.54 Å². The second-order valence-electron chi connectivity index (χ2n) is 1.77. The SMILES string of the molecule is Cl.Cl.Cn1ncc(Cl)c1CN. The van der Waals surface area contributed by atoms with Crippen LogP contribution in [0, 0.1) is 0 Å². The summed E-state index contributed by atoms with van der Waals surface area (Å²) in [6.45, 7) is 0.440. The largest absolute Gasteiger partial charge is 0.325 e. The molecule has 1 aromatic rings. The van der Waals surface area contributed by atoms with E-state index in [0.717, 1.165) is 5.69 Å². The van der Waals surface area contributed by atoms with Crippen LogP contribution in [0.25, 0.3) is 0 Å². The van der Waals surface area contributed by atoms with Gasteiger partial charge < -0.3 is 5.73 Å². The smallest absolute Gasteiger partial charge is 0.0830 e. The first-order chi connectivity index (χ1) is 4.25. The molecule has 6 heteroatoms. The summed E-state index contributed by atoms with van der Waals surface area (Å²) < 4.78 is 1.67. The highest BCUT2D eigenvalue weighted by Crippen LogP contribution is 2.11. The minimum absolute atomic E-state index is 0. The molecule has 0 radical (unpaired) electrons. The topological polar surface area (TPSA) is 43.8 Å². The maximum Gasteiger partial charge on any atom is 0.0830 e. The number of nitrogens with two attached hydrogens (primary N) is 1. The molecule has 11 heavy (non-hydrogen) atoms. The first-order valence-corrected chi connectivity index (χ1v) is 3.00. The van der Waals surface area contributed by atoms with Crippen molar-refractivity contribution >= 4 is 36.4 Å². The van der Waals surface area contributed by atoms with E-state index in [1.165, 1.54) is 0 Å². The Bertz CT molecular complexity index is 191. The fourth-order valence-corrected chi connectivity index (χ4v) is 0.909. The van der Waals surface area contributed by atoms with Crippen molar-refractivity contribution < 1.29 is 0 Å². The lowest BCUT2D eigenvalue weighted by Gasteiger charge is -1.95. The highest BCUT2D eigenvalue weighted by Gasteiger charge is 2.01. The molecule has 0 aliphatic heterocycles. The van der Waals surface area contributed by atoms with Gasteiger partial charge in [-0.05, 0) is 0 Å². The number of aryl methyl sites for hydroxylation is 1. The molecule has 0 aromatic carbocycles. The average molecular weight is 219 g/mol. The van der Waals surface area contributed by atoms with Crippen LogP contribution >= 0.6 is 36.4 Å². The summed E-state index contributed by atoms with van der Waals surface area (Å²) in [7, 11) is 1.81. The van der Waals surface area contributed by atoms with Crippen LogP contribution < -0.4 is 5.73 Å². The van der Waals surface area contributed by atoms with Gasteiger partial charge in [0.15, 0.2) is 0 Å². The van der Waals surface area contributed by atoms with Gasteiger partial charge in [0.2, 0.25) is 0 Å². The molecule has 2 N–H and O–H groups in total. The molecule has 0 saturated heterocycles. The van der Waals surface area contributed by atoms with Crippen molar-refractivity contribution in [3.63, 3.8) is 0 Å². The van der Waals surface area contributed by atoms with Gasteiger partial charge in [0.05, 0.1) is 16.9 Å². The number of aromatic nitrogens is 2. The molecule has 66 valence electrons. The Labute approximate surface area is 82.7 Å². The molecule has 0 amide bonds. The zero-order valence-corrected chi connectivity index (χ0v) is 8.34. The van der Waals surface area contributed by atoms with Crippen LogP contribution in [-0.4, -0.2) is 9.78 Å². The van der Waals surface area contributed by atoms with E-state index in [2.05, 4.69) is 5.10 Å². The Hall–Kier alpha value is 0.0400. The third-order valence-electron chi connectivity index (χ3n) is 1.20. The highest BCUT2D eigenvalue weighted by molar-refractivity contribution is 6.31. The molecule has 0 bridgehead atoms. The number of nitrogens with zero attached hydrogens (tertiary/aromatic N) is 2. The lowest BCUT2D eigenvalue weighted by molar-refractivity contribution is 0.712. The van der Waals surface area contributed by atoms with Crippen LogP contribution in [-0.2, 0) is 13.6 Å². The van der Waals surface area contributed by atoms with Gasteiger partial charge in [-0.15, -0.1) is 24.8 Å². The van der Waals surface area contributed by atoms with Crippen LogP contribution in [0.15, 0.2) is 6.20 Å². The van der Waals surface area contributed by atoms with Crippen LogP contribution in [0.3, 0.4) is 0 Å². The van der Waals surface area contributed by atoms with E-state index in [0.29, 0.717) is 11.6 Å². The number of hydrogen-bond donors (Lipinski definition) is 1. The Balaban J connectivity index is 0. The Morgan fingerprint density at radius 1 is 1.64 bits per heavy atom. The molecule has 1 aromatic heterocycles. The molecule has 3 nitrogen and oxygen atoms in total. The summed E-state index contributed by atoms with van der Waals surface area (Å²) in [6, 6.07) is 0. The molecule has 0 saturated carbocycles. The van der Waals surface area contributed by atoms with Gasteiger partial charge in [0, 0.05) is 13.6 Å². The van der Waals surface area contributed by atoms with E-state index in [1.807, 2.05) is 7.05 Å². The second-order valence-corrected chi connectivity index (χ2v) is 2.17. The lowest BCUT2D eigenvalue weighted by Crippen LogP contribution is -2.04. The quantitative estimate of drug-likeness (QED) is 0.774. The number of halogens is 3. The predicted octanol–water partition coefficient (Wildman–Crippen LogP) is 1.38. The predicted molar refractivity (Wildman–Crippen MR) is 50.6 cm³/mol. The molecule has 1 rings (SSSR count). The van der Waals surface area contributed by atoms with Gasteiger partial charge in [-0.25, -0.2) is 0 Å². The zero-order chi connectivity index (χ0) is 6.85. The number of rotatable bonds is 1. The first-order valence-electron chi connectivity index (χ1n) is 2.62. The molecule has 1 heterocycles. The van der Waals surface area contributed by atoms with Gasteiger partial charge in [-0.1, -0.05) is 11.6 Å². The molecule has 0 spiro atoms. The minimum Gasteiger partial charge on any atom is -0.325 e. The van der Waals surface area contributed by atoms with Gasteiger partial charge >= 0.3 is 0 Å². The highest BCUT2D eigenvalue weighted by atomic mass is 35.5. The molecule has 0 fully saturated rings. The van der Waals surface area contributed by atoms with E-state index < -0.39 is 0 Å². The van der Waals surface area contributed by atoms with E-state index in [9.17, 15) is 0 Å². The minimum atomic E-state index is 0. The summed E-state index contributed by atoms with van der Waals surface area (Å²) in [5, 5.41) is 4.53. The standard InChI is InChI=1S/C5H8ClN3.2ClH/c1-9-5(2-7)4(6)3-8-9;;/h3H,2,7H2,1H3;2*1H. The first kappa shape index (κ1) is 13.6. The summed E-state index contributed by atoms with van der Waals surface area (Å²) >= 11 is 5.68. The van der Waals surface area contributed by atoms with E-state index >= 15 is 0 Å². The molecule has 0 aliphatic carbocycles. The lowest BCUT2D eigenvalue weighted by atomic mass is 10.4. The Morgan fingerprint density at radius 2 is 2.18 bits per heavy atom. The van der Waals surface area contributed by atoms with Gasteiger partial charge in [-0.3, -0.25) is 4.68 Å². The maximum absolute atomic E-state index is 5.68. The molecular weight excluding hydrogens is 208 g/mol. The van der Waals surface area contributed by atoms with Gasteiger partial charge in [0.25, 0.3) is 0 Å². The third-order valence-corrected chi connectivity index (χ3v) is 1.52. The van der Waals surface area contributed by atoms with Crippen molar-refractivity contribution in [1.82, 2.24) is 9.78 Å². The van der Waals surface area contributed by atoms with Crippen LogP contribution in [0.1, 0.15) is 5.69 Å². The normalized spacial score (nSPS) is 8.27. The van der Waals surface area contributed by atoms with Crippen molar-refractivity contribution in [3.05, 3.63) is 16.9 Å². The number of hydrogen-bond acceptors (Lipinski definition) is 2. The van der Waals surface area contributed by atoms with Crippen LogP contribution in [0.4, 0.5) is 0 Å². The zero-order valence-electron chi connectivity index (χ0n) is 5.95.